The molecule has 0 saturated carbocycles. The molecule has 2 rings (SSSR count). The van der Waals surface area contributed by atoms with Crippen LogP contribution in [-0.2, 0) is 19.5 Å². The minimum atomic E-state index is 0.814. The quantitative estimate of drug-likeness (QED) is 0.600. The highest BCUT2D eigenvalue weighted by Crippen LogP contribution is 2.07. The summed E-state index contributed by atoms with van der Waals surface area (Å²) < 4.78 is 4.48. The SMILES string of the molecule is CCc1nccn1CCCC(C)C.Cc1nccn1CCCC(C)C. The Kier molecular flexibility index (Phi) is 10.2. The van der Waals surface area contributed by atoms with Crippen molar-refractivity contribution in [1.82, 2.24) is 19.1 Å². The van der Waals surface area contributed by atoms with Gasteiger partial charge in [-0.1, -0.05) is 34.6 Å². The summed E-state index contributed by atoms with van der Waals surface area (Å²) in [5, 5.41) is 0. The lowest BCUT2D eigenvalue weighted by Crippen LogP contribution is -2.03. The summed E-state index contributed by atoms with van der Waals surface area (Å²) in [6.07, 6.45) is 14.1. The van der Waals surface area contributed by atoms with Gasteiger partial charge >= 0.3 is 0 Å². The van der Waals surface area contributed by atoms with Gasteiger partial charge in [-0.25, -0.2) is 9.97 Å². The molecule has 2 heterocycles. The summed E-state index contributed by atoms with van der Waals surface area (Å²) in [5.41, 5.74) is 0. The maximum Gasteiger partial charge on any atom is 0.108 e. The molecule has 0 aromatic carbocycles. The van der Waals surface area contributed by atoms with E-state index in [1.807, 2.05) is 12.4 Å². The van der Waals surface area contributed by atoms with E-state index in [-0.39, 0.29) is 0 Å². The summed E-state index contributed by atoms with van der Waals surface area (Å²) in [7, 11) is 0. The third kappa shape index (κ3) is 8.89. The van der Waals surface area contributed by atoms with E-state index in [9.17, 15) is 0 Å². The topological polar surface area (TPSA) is 35.6 Å². The molecule has 0 amide bonds. The molecule has 142 valence electrons. The van der Waals surface area contributed by atoms with Gasteiger partial charge in [0.15, 0.2) is 0 Å². The highest BCUT2D eigenvalue weighted by molar-refractivity contribution is 4.91. The number of rotatable bonds is 9. The Morgan fingerprint density at radius 1 is 0.840 bits per heavy atom. The molecule has 2 aromatic rings. The lowest BCUT2D eigenvalue weighted by molar-refractivity contribution is 0.504. The molecule has 25 heavy (non-hydrogen) atoms. The molecular formula is C21H38N4. The third-order valence-corrected chi connectivity index (χ3v) is 4.40. The molecule has 2 aromatic heterocycles. The van der Waals surface area contributed by atoms with Crippen molar-refractivity contribution < 1.29 is 0 Å². The predicted molar refractivity (Wildman–Crippen MR) is 107 cm³/mol. The highest BCUT2D eigenvalue weighted by atomic mass is 15.1. The van der Waals surface area contributed by atoms with Crippen LogP contribution in [0.1, 0.15) is 72.0 Å². The maximum absolute atomic E-state index is 4.30. The van der Waals surface area contributed by atoms with Gasteiger partial charge in [0, 0.05) is 44.3 Å². The Hall–Kier alpha value is -1.58. The predicted octanol–water partition coefficient (Wildman–Crippen LogP) is 5.51. The number of aryl methyl sites for hydroxylation is 4. The Morgan fingerprint density at radius 3 is 1.84 bits per heavy atom. The van der Waals surface area contributed by atoms with Crippen LogP contribution < -0.4 is 0 Å². The standard InChI is InChI=1S/C11H20N2.C10H18N2/c1-4-11-12-7-9-13(11)8-5-6-10(2)3;1-9(2)5-4-7-12-8-6-11-10(12)3/h7,9-10H,4-6,8H2,1-3H3;6,8-9H,4-5,7H2,1-3H3. The van der Waals surface area contributed by atoms with Crippen LogP contribution in [0.3, 0.4) is 0 Å². The zero-order valence-corrected chi connectivity index (χ0v) is 17.2. The van der Waals surface area contributed by atoms with Gasteiger partial charge in [0.2, 0.25) is 0 Å². The van der Waals surface area contributed by atoms with Crippen molar-refractivity contribution in [3.05, 3.63) is 36.4 Å². The smallest absolute Gasteiger partial charge is 0.108 e. The summed E-state index contributed by atoms with van der Waals surface area (Å²) in [5.74, 6) is 3.96. The number of imidazole rings is 2. The van der Waals surface area contributed by atoms with Crippen molar-refractivity contribution in [2.75, 3.05) is 0 Å². The molecule has 0 radical (unpaired) electrons. The molecule has 0 bridgehead atoms. The molecule has 0 spiro atoms. The fourth-order valence-corrected chi connectivity index (χ4v) is 2.84. The highest BCUT2D eigenvalue weighted by Gasteiger charge is 2.00. The largest absolute Gasteiger partial charge is 0.335 e. The Bertz CT molecular complexity index is 566. The molecule has 0 unspecified atom stereocenters. The Labute approximate surface area is 154 Å². The average molecular weight is 347 g/mol. The second kappa shape index (κ2) is 11.9. The molecule has 4 heteroatoms. The zero-order chi connectivity index (χ0) is 18.7. The van der Waals surface area contributed by atoms with E-state index in [0.29, 0.717) is 0 Å². The van der Waals surface area contributed by atoms with Crippen LogP contribution in [0, 0.1) is 18.8 Å². The first-order valence-corrected chi connectivity index (χ1v) is 9.91. The van der Waals surface area contributed by atoms with Gasteiger partial charge in [-0.2, -0.15) is 0 Å². The first kappa shape index (κ1) is 21.5. The van der Waals surface area contributed by atoms with E-state index in [1.54, 1.807) is 0 Å². The molecule has 0 aliphatic rings. The summed E-state index contributed by atoms with van der Waals surface area (Å²) >= 11 is 0. The van der Waals surface area contributed by atoms with E-state index < -0.39 is 0 Å². The Morgan fingerprint density at radius 2 is 1.36 bits per heavy atom. The van der Waals surface area contributed by atoms with Crippen LogP contribution in [0.4, 0.5) is 0 Å². The van der Waals surface area contributed by atoms with Gasteiger partial charge in [-0.15, -0.1) is 0 Å². The first-order chi connectivity index (χ1) is 11.9. The average Bonchev–Trinajstić information content (AvgIpc) is 3.16. The van der Waals surface area contributed by atoms with Gasteiger partial charge in [0.25, 0.3) is 0 Å². The molecule has 0 aliphatic heterocycles. The fourth-order valence-electron chi connectivity index (χ4n) is 2.84. The Balaban J connectivity index is 0.000000251. The molecule has 0 N–H and O–H groups in total. The van der Waals surface area contributed by atoms with Crippen molar-refractivity contribution >= 4 is 0 Å². The zero-order valence-electron chi connectivity index (χ0n) is 17.2. The van der Waals surface area contributed by atoms with Gasteiger partial charge in [-0.05, 0) is 44.4 Å². The van der Waals surface area contributed by atoms with Crippen molar-refractivity contribution in [3.8, 4) is 0 Å². The van der Waals surface area contributed by atoms with Gasteiger partial charge in [0.1, 0.15) is 11.6 Å². The van der Waals surface area contributed by atoms with Gasteiger partial charge in [-0.3, -0.25) is 0 Å². The van der Waals surface area contributed by atoms with Crippen molar-refractivity contribution in [2.24, 2.45) is 11.8 Å². The van der Waals surface area contributed by atoms with Crippen LogP contribution in [0.5, 0.6) is 0 Å². The first-order valence-electron chi connectivity index (χ1n) is 9.91. The number of nitrogens with zero attached hydrogens (tertiary/aromatic N) is 4. The fraction of sp³-hybridized carbons (Fsp3) is 0.714. The molecule has 0 atom stereocenters. The third-order valence-electron chi connectivity index (χ3n) is 4.40. The molecule has 0 fully saturated rings. The van der Waals surface area contributed by atoms with E-state index in [4.69, 9.17) is 0 Å². The monoisotopic (exact) mass is 346 g/mol. The summed E-state index contributed by atoms with van der Waals surface area (Å²) in [6, 6.07) is 0. The maximum atomic E-state index is 4.30. The van der Waals surface area contributed by atoms with Crippen LogP contribution >= 0.6 is 0 Å². The number of aromatic nitrogens is 4. The minimum Gasteiger partial charge on any atom is -0.335 e. The second-order valence-corrected chi connectivity index (χ2v) is 7.63. The van der Waals surface area contributed by atoms with E-state index in [1.165, 1.54) is 31.5 Å². The van der Waals surface area contributed by atoms with Crippen LogP contribution in [0.2, 0.25) is 0 Å². The van der Waals surface area contributed by atoms with Crippen LogP contribution in [-0.4, -0.2) is 19.1 Å². The van der Waals surface area contributed by atoms with E-state index in [2.05, 4.69) is 73.0 Å². The number of hydrogen-bond donors (Lipinski definition) is 0. The normalized spacial score (nSPS) is 11.0. The summed E-state index contributed by atoms with van der Waals surface area (Å²) in [4.78, 5) is 8.47. The van der Waals surface area contributed by atoms with Crippen molar-refractivity contribution in [1.29, 1.82) is 0 Å². The molecule has 0 aliphatic carbocycles. The molecular weight excluding hydrogens is 308 g/mol. The van der Waals surface area contributed by atoms with Crippen molar-refractivity contribution in [2.45, 2.75) is 86.7 Å². The lowest BCUT2D eigenvalue weighted by atomic mass is 10.1. The lowest BCUT2D eigenvalue weighted by Gasteiger charge is -2.07. The van der Waals surface area contributed by atoms with Gasteiger partial charge < -0.3 is 9.13 Å². The summed E-state index contributed by atoms with van der Waals surface area (Å²) in [6.45, 7) is 15.5. The van der Waals surface area contributed by atoms with Gasteiger partial charge in [0.05, 0.1) is 0 Å². The second-order valence-electron chi connectivity index (χ2n) is 7.63. The van der Waals surface area contributed by atoms with E-state index in [0.717, 1.165) is 37.2 Å². The van der Waals surface area contributed by atoms with Crippen molar-refractivity contribution in [3.63, 3.8) is 0 Å². The molecule has 4 nitrogen and oxygen atoms in total. The number of hydrogen-bond acceptors (Lipinski definition) is 2. The van der Waals surface area contributed by atoms with E-state index >= 15 is 0 Å². The van der Waals surface area contributed by atoms with Crippen LogP contribution in [0.25, 0.3) is 0 Å². The van der Waals surface area contributed by atoms with Crippen LogP contribution in [0.15, 0.2) is 24.8 Å². The minimum absolute atomic E-state index is 0.814. The molecule has 0 saturated heterocycles.